The number of halogens is 3. The summed E-state index contributed by atoms with van der Waals surface area (Å²) in [5.41, 5.74) is 0.693. The monoisotopic (exact) mass is 473 g/mol. The standard InChI is InChI=1S/C22H13F3N2O5S/c23-22(24,25)32-15-6-4-14(5-7-15)27-19(28)18(33-21(27)26)11-16-8-9-17(31-16)12-2-1-3-13(10-12)20(29)30/h1-11,26H,(H,29,30)/p-1/b18-11-,26-21?. The number of hydrogen-bond donors (Lipinski definition) is 1. The number of thioether (sulfide) groups is 1. The number of carbonyl (C=O) groups excluding carboxylic acids is 2. The van der Waals surface area contributed by atoms with E-state index in [9.17, 15) is 27.9 Å². The zero-order chi connectivity index (χ0) is 23.8. The van der Waals surface area contributed by atoms with Crippen LogP contribution in [0.1, 0.15) is 16.1 Å². The average molecular weight is 473 g/mol. The van der Waals surface area contributed by atoms with Gasteiger partial charge in [-0.1, -0.05) is 18.2 Å². The molecule has 1 saturated heterocycles. The Labute approximate surface area is 188 Å². The van der Waals surface area contributed by atoms with Crippen molar-refractivity contribution in [3.63, 3.8) is 0 Å². The van der Waals surface area contributed by atoms with Crippen LogP contribution in [-0.2, 0) is 4.79 Å². The highest BCUT2D eigenvalue weighted by Gasteiger charge is 2.34. The molecule has 7 nitrogen and oxygen atoms in total. The Bertz CT molecular complexity index is 1280. The van der Waals surface area contributed by atoms with Gasteiger partial charge in [0.05, 0.1) is 16.6 Å². The van der Waals surface area contributed by atoms with Gasteiger partial charge in [0.1, 0.15) is 17.3 Å². The summed E-state index contributed by atoms with van der Waals surface area (Å²) in [5.74, 6) is -1.66. The van der Waals surface area contributed by atoms with E-state index in [2.05, 4.69) is 4.74 Å². The molecule has 1 amide bonds. The van der Waals surface area contributed by atoms with Gasteiger partial charge in [0.2, 0.25) is 0 Å². The summed E-state index contributed by atoms with van der Waals surface area (Å²) < 4.78 is 46.5. The Morgan fingerprint density at radius 3 is 2.52 bits per heavy atom. The van der Waals surface area contributed by atoms with Crippen molar-refractivity contribution in [1.82, 2.24) is 0 Å². The first-order chi connectivity index (χ1) is 15.6. The molecule has 0 atom stereocenters. The molecule has 1 aromatic heterocycles. The first kappa shape index (κ1) is 22.2. The lowest BCUT2D eigenvalue weighted by Gasteiger charge is -2.15. The maximum atomic E-state index is 12.8. The van der Waals surface area contributed by atoms with E-state index >= 15 is 0 Å². The lowest BCUT2D eigenvalue weighted by atomic mass is 10.1. The van der Waals surface area contributed by atoms with Crippen LogP contribution in [0.5, 0.6) is 5.75 Å². The topological polar surface area (TPSA) is 107 Å². The molecule has 1 aliphatic rings. The van der Waals surface area contributed by atoms with E-state index in [1.165, 1.54) is 30.3 Å². The minimum absolute atomic E-state index is 0.0129. The van der Waals surface area contributed by atoms with E-state index in [4.69, 9.17) is 9.83 Å². The van der Waals surface area contributed by atoms with E-state index in [1.54, 1.807) is 24.3 Å². The van der Waals surface area contributed by atoms with Crippen LogP contribution in [0.4, 0.5) is 18.9 Å². The summed E-state index contributed by atoms with van der Waals surface area (Å²) >= 11 is 0.861. The minimum Gasteiger partial charge on any atom is -0.545 e. The molecule has 11 heteroatoms. The van der Waals surface area contributed by atoms with Gasteiger partial charge in [-0.15, -0.1) is 13.2 Å². The van der Waals surface area contributed by atoms with Crippen LogP contribution in [0.2, 0.25) is 0 Å². The number of amides is 1. The fourth-order valence-electron chi connectivity index (χ4n) is 3.03. The predicted octanol–water partition coefficient (Wildman–Crippen LogP) is 4.26. The van der Waals surface area contributed by atoms with Crippen molar-refractivity contribution >= 4 is 40.6 Å². The van der Waals surface area contributed by atoms with Crippen LogP contribution in [0.15, 0.2) is 70.0 Å². The van der Waals surface area contributed by atoms with Gasteiger partial charge in [-0.2, -0.15) is 0 Å². The second-order valence-electron chi connectivity index (χ2n) is 6.67. The van der Waals surface area contributed by atoms with E-state index in [0.717, 1.165) is 28.8 Å². The maximum absolute atomic E-state index is 12.8. The maximum Gasteiger partial charge on any atom is 0.573 e. The number of rotatable bonds is 5. The number of ether oxygens (including phenoxy) is 1. The van der Waals surface area contributed by atoms with Crippen LogP contribution in [0, 0.1) is 5.41 Å². The van der Waals surface area contributed by atoms with Crippen LogP contribution < -0.4 is 14.7 Å². The molecule has 33 heavy (non-hydrogen) atoms. The lowest BCUT2D eigenvalue weighted by molar-refractivity contribution is -0.274. The molecule has 168 valence electrons. The number of carboxylic acid groups (broad SMARTS) is 1. The van der Waals surface area contributed by atoms with Gasteiger partial charge in [-0.25, -0.2) is 0 Å². The van der Waals surface area contributed by atoms with E-state index in [-0.39, 0.29) is 21.3 Å². The smallest absolute Gasteiger partial charge is 0.545 e. The van der Waals surface area contributed by atoms with Crippen molar-refractivity contribution in [3.05, 3.63) is 76.9 Å². The number of nitrogens with one attached hydrogen (secondary N) is 1. The molecule has 1 aliphatic heterocycles. The van der Waals surface area contributed by atoms with Crippen molar-refractivity contribution in [2.75, 3.05) is 4.90 Å². The Balaban J connectivity index is 1.54. The number of nitrogens with zero attached hydrogens (tertiary/aromatic N) is 1. The van der Waals surface area contributed by atoms with Gasteiger partial charge in [0.15, 0.2) is 5.17 Å². The molecule has 3 aromatic rings. The zero-order valence-corrected chi connectivity index (χ0v) is 17.2. The van der Waals surface area contributed by atoms with E-state index < -0.39 is 24.0 Å². The molecule has 2 aromatic carbocycles. The van der Waals surface area contributed by atoms with Gasteiger partial charge >= 0.3 is 6.36 Å². The molecule has 1 fully saturated rings. The summed E-state index contributed by atoms with van der Waals surface area (Å²) in [6.07, 6.45) is -3.41. The van der Waals surface area contributed by atoms with Crippen molar-refractivity contribution in [3.8, 4) is 17.1 Å². The number of aromatic carboxylic acids is 1. The van der Waals surface area contributed by atoms with E-state index in [1.807, 2.05) is 0 Å². The number of anilines is 1. The lowest BCUT2D eigenvalue weighted by Crippen LogP contribution is -2.28. The van der Waals surface area contributed by atoms with Crippen molar-refractivity contribution in [2.45, 2.75) is 6.36 Å². The summed E-state index contributed by atoms with van der Waals surface area (Å²) in [6.45, 7) is 0. The molecule has 0 spiro atoms. The zero-order valence-electron chi connectivity index (χ0n) is 16.4. The highest BCUT2D eigenvalue weighted by Crippen LogP contribution is 2.37. The quantitative estimate of drug-likeness (QED) is 0.555. The fraction of sp³-hybridized carbons (Fsp3) is 0.0455. The molecule has 0 unspecified atom stereocenters. The summed E-state index contributed by atoms with van der Waals surface area (Å²) in [5, 5.41) is 19.0. The molecule has 0 radical (unpaired) electrons. The summed E-state index contributed by atoms with van der Waals surface area (Å²) in [6, 6.07) is 13.8. The van der Waals surface area contributed by atoms with Crippen molar-refractivity contribution in [2.24, 2.45) is 0 Å². The van der Waals surface area contributed by atoms with Crippen LogP contribution in [-0.4, -0.2) is 23.4 Å². The van der Waals surface area contributed by atoms with Gasteiger partial charge in [0.25, 0.3) is 5.91 Å². The Hall–Kier alpha value is -3.99. The number of carbonyl (C=O) groups is 2. The first-order valence-electron chi connectivity index (χ1n) is 9.21. The molecule has 4 rings (SSSR count). The average Bonchev–Trinajstić information content (AvgIpc) is 3.32. The number of furan rings is 1. The van der Waals surface area contributed by atoms with Crippen LogP contribution in [0.25, 0.3) is 17.4 Å². The Kier molecular flexibility index (Phi) is 5.73. The summed E-state index contributed by atoms with van der Waals surface area (Å²) in [4.78, 5) is 25.1. The van der Waals surface area contributed by atoms with Gasteiger partial charge < -0.3 is 19.1 Å². The number of amidine groups is 1. The highest BCUT2D eigenvalue weighted by atomic mass is 32.2. The largest absolute Gasteiger partial charge is 0.573 e. The molecule has 2 heterocycles. The highest BCUT2D eigenvalue weighted by molar-refractivity contribution is 8.19. The Morgan fingerprint density at radius 2 is 1.85 bits per heavy atom. The summed E-state index contributed by atoms with van der Waals surface area (Å²) in [7, 11) is 0. The molecular formula is C22H12F3N2O5S-. The number of hydrogen-bond acceptors (Lipinski definition) is 7. The third kappa shape index (κ3) is 4.93. The molecule has 1 N–H and O–H groups in total. The minimum atomic E-state index is -4.84. The predicted molar refractivity (Wildman–Crippen MR) is 112 cm³/mol. The third-order valence-corrected chi connectivity index (χ3v) is 5.32. The number of carboxylic acids is 1. The number of benzene rings is 2. The SMILES string of the molecule is N=C1S/C(=C\c2ccc(-c3cccc(C(=O)[O-])c3)o2)C(=O)N1c1ccc(OC(F)(F)F)cc1. The van der Waals surface area contributed by atoms with Gasteiger partial charge in [-0.05, 0) is 59.8 Å². The molecular weight excluding hydrogens is 461 g/mol. The molecule has 0 saturated carbocycles. The van der Waals surface area contributed by atoms with E-state index in [0.29, 0.717) is 17.1 Å². The second-order valence-corrected chi connectivity index (χ2v) is 7.70. The normalized spacial score (nSPS) is 15.4. The fourth-order valence-corrected chi connectivity index (χ4v) is 3.87. The van der Waals surface area contributed by atoms with Gasteiger partial charge in [0, 0.05) is 11.6 Å². The Morgan fingerprint density at radius 1 is 1.12 bits per heavy atom. The number of alkyl halides is 3. The third-order valence-electron chi connectivity index (χ3n) is 4.44. The van der Waals surface area contributed by atoms with Crippen molar-refractivity contribution < 1.29 is 37.0 Å². The van der Waals surface area contributed by atoms with Crippen LogP contribution in [0.3, 0.4) is 0 Å². The molecule has 0 aliphatic carbocycles. The van der Waals surface area contributed by atoms with Crippen molar-refractivity contribution in [1.29, 1.82) is 5.41 Å². The molecule has 0 bridgehead atoms. The second kappa shape index (κ2) is 8.51. The van der Waals surface area contributed by atoms with Crippen LogP contribution >= 0.6 is 11.8 Å². The first-order valence-corrected chi connectivity index (χ1v) is 10.0. The van der Waals surface area contributed by atoms with Gasteiger partial charge in [-0.3, -0.25) is 15.1 Å².